The van der Waals surface area contributed by atoms with Crippen LogP contribution in [0.2, 0.25) is 0 Å². The van der Waals surface area contributed by atoms with Crippen LogP contribution in [0, 0.1) is 5.82 Å². The van der Waals surface area contributed by atoms with E-state index in [1.54, 1.807) is 0 Å². The van der Waals surface area contributed by atoms with Gasteiger partial charge in [-0.2, -0.15) is 0 Å². The van der Waals surface area contributed by atoms with Crippen LogP contribution >= 0.6 is 0 Å². The topological polar surface area (TPSA) is 93.1 Å². The Morgan fingerprint density at radius 3 is 2.67 bits per heavy atom. The SMILES string of the molecule is O=C(ON1C(=O)CCC1=O)c1cc(F)c2c(c1)B(O)OC2. The Morgan fingerprint density at radius 1 is 1.33 bits per heavy atom. The molecule has 1 saturated heterocycles. The van der Waals surface area contributed by atoms with Crippen molar-refractivity contribution in [1.29, 1.82) is 0 Å². The zero-order valence-electron chi connectivity index (χ0n) is 10.7. The summed E-state index contributed by atoms with van der Waals surface area (Å²) in [7, 11) is -1.32. The molecule has 1 N–H and O–H groups in total. The summed E-state index contributed by atoms with van der Waals surface area (Å²) in [5.41, 5.74) is 0.0664. The van der Waals surface area contributed by atoms with Crippen LogP contribution in [-0.2, 0) is 25.7 Å². The van der Waals surface area contributed by atoms with Crippen LogP contribution in [0.15, 0.2) is 12.1 Å². The van der Waals surface area contributed by atoms with Crippen molar-refractivity contribution < 1.29 is 33.3 Å². The molecule has 1 aromatic carbocycles. The van der Waals surface area contributed by atoms with E-state index in [1.165, 1.54) is 6.07 Å². The number of rotatable bonds is 2. The van der Waals surface area contributed by atoms with Crippen LogP contribution in [0.25, 0.3) is 0 Å². The smallest absolute Gasteiger partial charge is 0.423 e. The summed E-state index contributed by atoms with van der Waals surface area (Å²) in [6, 6.07) is 2.12. The molecule has 108 valence electrons. The molecule has 1 fully saturated rings. The van der Waals surface area contributed by atoms with E-state index >= 15 is 0 Å². The molecule has 3 rings (SSSR count). The van der Waals surface area contributed by atoms with Crippen molar-refractivity contribution >= 4 is 30.4 Å². The lowest BCUT2D eigenvalue weighted by atomic mass is 9.78. The maximum Gasteiger partial charge on any atom is 0.491 e. The van der Waals surface area contributed by atoms with Crippen LogP contribution in [0.3, 0.4) is 0 Å². The fourth-order valence-corrected chi connectivity index (χ4v) is 2.19. The largest absolute Gasteiger partial charge is 0.491 e. The summed E-state index contributed by atoms with van der Waals surface area (Å²) in [6.07, 6.45) is -0.0611. The van der Waals surface area contributed by atoms with Gasteiger partial charge >= 0.3 is 13.1 Å². The lowest BCUT2D eigenvalue weighted by Gasteiger charge is -2.13. The third kappa shape index (κ3) is 2.30. The lowest BCUT2D eigenvalue weighted by molar-refractivity contribution is -0.172. The zero-order valence-corrected chi connectivity index (χ0v) is 10.7. The van der Waals surface area contributed by atoms with Gasteiger partial charge in [0.05, 0.1) is 12.2 Å². The molecule has 2 heterocycles. The number of carbonyl (C=O) groups excluding carboxylic acids is 3. The van der Waals surface area contributed by atoms with Crippen molar-refractivity contribution in [1.82, 2.24) is 5.06 Å². The maximum absolute atomic E-state index is 13.8. The summed E-state index contributed by atoms with van der Waals surface area (Å²) in [5, 5.41) is 9.90. The molecule has 0 bridgehead atoms. The number of imide groups is 1. The predicted octanol–water partition coefficient (Wildman–Crippen LogP) is -0.736. The van der Waals surface area contributed by atoms with Crippen LogP contribution in [0.1, 0.15) is 28.8 Å². The van der Waals surface area contributed by atoms with E-state index in [0.29, 0.717) is 5.06 Å². The summed E-state index contributed by atoms with van der Waals surface area (Å²) >= 11 is 0. The van der Waals surface area contributed by atoms with Crippen LogP contribution < -0.4 is 5.46 Å². The average molecular weight is 293 g/mol. The molecule has 0 aromatic heterocycles. The molecule has 0 atom stereocenters. The summed E-state index contributed by atoms with van der Waals surface area (Å²) in [4.78, 5) is 39.3. The Morgan fingerprint density at radius 2 is 2.00 bits per heavy atom. The van der Waals surface area contributed by atoms with Crippen LogP contribution in [0.5, 0.6) is 0 Å². The zero-order chi connectivity index (χ0) is 15.1. The van der Waals surface area contributed by atoms with Crippen LogP contribution in [0.4, 0.5) is 4.39 Å². The minimum Gasteiger partial charge on any atom is -0.423 e. The minimum absolute atomic E-state index is 0.0305. The molecule has 2 aliphatic rings. The van der Waals surface area contributed by atoms with Gasteiger partial charge in [0.1, 0.15) is 5.82 Å². The van der Waals surface area contributed by atoms with Gasteiger partial charge in [0.15, 0.2) is 0 Å². The molecule has 7 nitrogen and oxygen atoms in total. The van der Waals surface area contributed by atoms with Crippen molar-refractivity contribution in [3.8, 4) is 0 Å². The molecule has 2 aliphatic heterocycles. The number of fused-ring (bicyclic) bond motifs is 1. The lowest BCUT2D eigenvalue weighted by Crippen LogP contribution is -2.33. The van der Waals surface area contributed by atoms with E-state index < -0.39 is 30.7 Å². The van der Waals surface area contributed by atoms with Gasteiger partial charge in [0.2, 0.25) is 0 Å². The number of amides is 2. The first-order chi connectivity index (χ1) is 9.97. The van der Waals surface area contributed by atoms with E-state index in [2.05, 4.69) is 4.84 Å². The number of hydrogen-bond donors (Lipinski definition) is 1. The first-order valence-electron chi connectivity index (χ1n) is 6.17. The second kappa shape index (κ2) is 4.94. The monoisotopic (exact) mass is 293 g/mol. The van der Waals surface area contributed by atoms with Gasteiger partial charge in [-0.25, -0.2) is 9.18 Å². The predicted molar refractivity (Wildman–Crippen MR) is 65.3 cm³/mol. The summed E-state index contributed by atoms with van der Waals surface area (Å²) in [5.74, 6) is -3.04. The van der Waals surface area contributed by atoms with E-state index in [4.69, 9.17) is 4.65 Å². The number of carbonyl (C=O) groups is 3. The molecular formula is C12H9BFNO6. The maximum atomic E-state index is 13.8. The molecule has 0 radical (unpaired) electrons. The Bertz CT molecular complexity index is 647. The van der Waals surface area contributed by atoms with Gasteiger partial charge in [-0.15, -0.1) is 5.06 Å². The van der Waals surface area contributed by atoms with E-state index in [-0.39, 0.29) is 36.0 Å². The Balaban J connectivity index is 1.86. The van der Waals surface area contributed by atoms with Gasteiger partial charge < -0.3 is 14.5 Å². The molecule has 0 saturated carbocycles. The van der Waals surface area contributed by atoms with Gasteiger partial charge in [-0.05, 0) is 17.6 Å². The van der Waals surface area contributed by atoms with Crippen molar-refractivity contribution in [2.75, 3.05) is 0 Å². The van der Waals surface area contributed by atoms with E-state index in [0.717, 1.165) is 6.07 Å². The number of benzene rings is 1. The average Bonchev–Trinajstić information content (AvgIpc) is 2.97. The second-order valence-corrected chi connectivity index (χ2v) is 4.65. The van der Waals surface area contributed by atoms with Gasteiger partial charge in [-0.1, -0.05) is 0 Å². The number of hydrogen-bond acceptors (Lipinski definition) is 6. The molecule has 0 aliphatic carbocycles. The Hall–Kier alpha value is -2.26. The van der Waals surface area contributed by atoms with Crippen molar-refractivity contribution in [3.63, 3.8) is 0 Å². The number of halogens is 1. The van der Waals surface area contributed by atoms with Gasteiger partial charge in [0.25, 0.3) is 11.8 Å². The molecule has 0 unspecified atom stereocenters. The van der Waals surface area contributed by atoms with Crippen molar-refractivity contribution in [2.45, 2.75) is 19.4 Å². The molecule has 9 heteroatoms. The standard InChI is InChI=1S/C12H9BFNO6/c14-9-4-6(3-8-7(9)5-20-13(8)19)12(18)21-15-10(16)1-2-11(15)17/h3-4,19H,1-2,5H2. The second-order valence-electron chi connectivity index (χ2n) is 4.65. The van der Waals surface area contributed by atoms with E-state index in [1.807, 2.05) is 0 Å². The number of hydroxylamine groups is 2. The highest BCUT2D eigenvalue weighted by atomic mass is 19.1. The van der Waals surface area contributed by atoms with Gasteiger partial charge in [-0.3, -0.25) is 9.59 Å². The highest BCUT2D eigenvalue weighted by Gasteiger charge is 2.35. The highest BCUT2D eigenvalue weighted by Crippen LogP contribution is 2.18. The van der Waals surface area contributed by atoms with Crippen LogP contribution in [-0.4, -0.2) is 35.0 Å². The summed E-state index contributed by atoms with van der Waals surface area (Å²) < 4.78 is 18.7. The van der Waals surface area contributed by atoms with Crippen molar-refractivity contribution in [2.24, 2.45) is 0 Å². The third-order valence-corrected chi connectivity index (χ3v) is 3.30. The Labute approximate surface area is 118 Å². The molecule has 0 spiro atoms. The van der Waals surface area contributed by atoms with Gasteiger partial charge in [0, 0.05) is 18.4 Å². The minimum atomic E-state index is -1.32. The molecule has 1 aromatic rings. The quantitative estimate of drug-likeness (QED) is 0.570. The molecule has 2 amide bonds. The molecule has 21 heavy (non-hydrogen) atoms. The van der Waals surface area contributed by atoms with E-state index in [9.17, 15) is 23.8 Å². The first kappa shape index (κ1) is 13.7. The first-order valence-corrected chi connectivity index (χ1v) is 6.17. The normalized spacial score (nSPS) is 17.4. The highest BCUT2D eigenvalue weighted by molar-refractivity contribution is 6.61. The Kier molecular flexibility index (Phi) is 3.22. The fraction of sp³-hybridized carbons (Fsp3) is 0.250. The number of nitrogens with zero attached hydrogens (tertiary/aromatic N) is 1. The summed E-state index contributed by atoms with van der Waals surface area (Å²) in [6.45, 7) is -0.0965. The molecular weight excluding hydrogens is 284 g/mol. The van der Waals surface area contributed by atoms with Crippen molar-refractivity contribution in [3.05, 3.63) is 29.1 Å². The third-order valence-electron chi connectivity index (χ3n) is 3.30. The fourth-order valence-electron chi connectivity index (χ4n) is 2.19.